The molecule has 29 heavy (non-hydrogen) atoms. The Morgan fingerprint density at radius 2 is 2.07 bits per heavy atom. The van der Waals surface area contributed by atoms with Gasteiger partial charge < -0.3 is 15.0 Å². The molecule has 1 aromatic rings. The number of imide groups is 1. The molecule has 0 unspecified atom stereocenters. The second-order valence-corrected chi connectivity index (χ2v) is 9.59. The fourth-order valence-corrected chi connectivity index (χ4v) is 5.08. The Labute approximate surface area is 181 Å². The van der Waals surface area contributed by atoms with Crippen LogP contribution in [0, 0.1) is 0 Å². The lowest BCUT2D eigenvalue weighted by molar-refractivity contribution is -0.153. The van der Waals surface area contributed by atoms with Gasteiger partial charge in [-0.2, -0.15) is 0 Å². The van der Waals surface area contributed by atoms with Crippen molar-refractivity contribution in [1.82, 2.24) is 15.1 Å². The topological polar surface area (TPSA) is 96.0 Å². The number of esters is 1. The normalized spacial score (nSPS) is 17.5. The predicted octanol–water partition coefficient (Wildman–Crippen LogP) is 2.43. The van der Waals surface area contributed by atoms with Crippen LogP contribution in [-0.2, 0) is 25.7 Å². The molecule has 4 amide bonds. The van der Waals surface area contributed by atoms with E-state index in [2.05, 4.69) is 27.8 Å². The van der Waals surface area contributed by atoms with E-state index in [1.165, 1.54) is 16.2 Å². The maximum atomic E-state index is 12.6. The summed E-state index contributed by atoms with van der Waals surface area (Å²) in [7, 11) is 0. The minimum atomic E-state index is -0.872. The van der Waals surface area contributed by atoms with E-state index in [-0.39, 0.29) is 11.8 Å². The molecule has 8 nitrogen and oxygen atoms in total. The van der Waals surface area contributed by atoms with E-state index in [9.17, 15) is 19.2 Å². The highest BCUT2D eigenvalue weighted by atomic mass is 79.9. The largest absolute Gasteiger partial charge is 0.454 e. The van der Waals surface area contributed by atoms with Crippen molar-refractivity contribution in [1.29, 1.82) is 0 Å². The van der Waals surface area contributed by atoms with Crippen LogP contribution in [-0.4, -0.2) is 58.8 Å². The number of carbonyl (C=O) groups excluding carboxylic acids is 4. The number of rotatable bonds is 8. The summed E-state index contributed by atoms with van der Waals surface area (Å²) in [6.45, 7) is 3.36. The molecule has 2 fully saturated rings. The van der Waals surface area contributed by atoms with E-state index < -0.39 is 30.7 Å². The van der Waals surface area contributed by atoms with Gasteiger partial charge in [-0.3, -0.25) is 19.3 Å². The number of urea groups is 1. The van der Waals surface area contributed by atoms with Crippen LogP contribution < -0.4 is 5.32 Å². The van der Waals surface area contributed by atoms with Gasteiger partial charge in [-0.25, -0.2) is 4.79 Å². The van der Waals surface area contributed by atoms with E-state index in [1.54, 1.807) is 6.08 Å². The monoisotopic (exact) mass is 483 g/mol. The summed E-state index contributed by atoms with van der Waals surface area (Å²) in [6, 6.07) is 3.21. The lowest BCUT2D eigenvalue weighted by atomic mass is 9.98. The Hall–Kier alpha value is -2.20. The number of amides is 4. The van der Waals surface area contributed by atoms with Gasteiger partial charge in [0.1, 0.15) is 12.1 Å². The molecule has 0 bridgehead atoms. The van der Waals surface area contributed by atoms with Gasteiger partial charge in [-0.15, -0.1) is 17.9 Å². The highest BCUT2D eigenvalue weighted by Gasteiger charge is 2.52. The molecule has 0 radical (unpaired) electrons. The fraction of sp³-hybridized carbons (Fsp3) is 0.474. The number of nitrogens with zero attached hydrogens (tertiary/aromatic N) is 2. The molecule has 2 heterocycles. The van der Waals surface area contributed by atoms with E-state index in [1.807, 2.05) is 12.1 Å². The lowest BCUT2D eigenvalue weighted by Crippen LogP contribution is -2.44. The van der Waals surface area contributed by atoms with Gasteiger partial charge in [0.05, 0.1) is 10.3 Å². The van der Waals surface area contributed by atoms with Crippen molar-refractivity contribution in [2.75, 3.05) is 19.7 Å². The number of carbonyl (C=O) groups is 4. The van der Waals surface area contributed by atoms with E-state index in [4.69, 9.17) is 4.74 Å². The van der Waals surface area contributed by atoms with Crippen LogP contribution in [0.4, 0.5) is 4.79 Å². The fourth-order valence-electron chi connectivity index (χ4n) is 3.58. The summed E-state index contributed by atoms with van der Waals surface area (Å²) in [4.78, 5) is 52.6. The van der Waals surface area contributed by atoms with Crippen LogP contribution in [0.15, 0.2) is 28.6 Å². The summed E-state index contributed by atoms with van der Waals surface area (Å²) in [5.74, 6) is -1.57. The third-order valence-electron chi connectivity index (χ3n) is 5.02. The van der Waals surface area contributed by atoms with Crippen LogP contribution >= 0.6 is 27.3 Å². The van der Waals surface area contributed by atoms with Gasteiger partial charge in [0.25, 0.3) is 11.8 Å². The molecule has 1 aliphatic heterocycles. The lowest BCUT2D eigenvalue weighted by Gasteiger charge is -2.21. The maximum absolute atomic E-state index is 12.6. The summed E-state index contributed by atoms with van der Waals surface area (Å²) in [6.07, 6.45) is 4.47. The maximum Gasteiger partial charge on any atom is 0.326 e. The second-order valence-electron chi connectivity index (χ2n) is 7.04. The van der Waals surface area contributed by atoms with Gasteiger partial charge >= 0.3 is 12.0 Å². The number of ether oxygens (including phenoxy) is 1. The molecule has 1 saturated heterocycles. The molecule has 10 heteroatoms. The van der Waals surface area contributed by atoms with E-state index in [0.717, 1.165) is 26.4 Å². The van der Waals surface area contributed by atoms with E-state index in [0.29, 0.717) is 25.9 Å². The molecule has 1 N–H and O–H groups in total. The third kappa shape index (κ3) is 4.87. The Morgan fingerprint density at radius 1 is 1.34 bits per heavy atom. The first kappa shape index (κ1) is 21.5. The molecule has 0 aromatic carbocycles. The molecule has 2 aliphatic rings. The Balaban J connectivity index is 1.52. The Bertz CT molecular complexity index is 834. The number of halogens is 1. The summed E-state index contributed by atoms with van der Waals surface area (Å²) in [5.41, 5.74) is -0.872. The molecule has 1 saturated carbocycles. The average Bonchev–Trinajstić information content (AvgIpc) is 3.37. The van der Waals surface area contributed by atoms with Crippen LogP contribution in [0.3, 0.4) is 0 Å². The molecular weight excluding hydrogens is 462 g/mol. The van der Waals surface area contributed by atoms with Gasteiger partial charge in [0.15, 0.2) is 6.61 Å². The highest BCUT2D eigenvalue weighted by Crippen LogP contribution is 2.34. The van der Waals surface area contributed by atoms with Crippen molar-refractivity contribution >= 4 is 51.1 Å². The first-order valence-electron chi connectivity index (χ1n) is 9.27. The third-order valence-corrected chi connectivity index (χ3v) is 6.63. The van der Waals surface area contributed by atoms with Crippen LogP contribution in [0.5, 0.6) is 0 Å². The first-order chi connectivity index (χ1) is 13.8. The zero-order chi connectivity index (χ0) is 21.0. The molecule has 1 aliphatic carbocycles. The van der Waals surface area contributed by atoms with Gasteiger partial charge in [-0.05, 0) is 40.9 Å². The van der Waals surface area contributed by atoms with Gasteiger partial charge in [-0.1, -0.05) is 18.9 Å². The summed E-state index contributed by atoms with van der Waals surface area (Å²) >= 11 is 4.89. The summed E-state index contributed by atoms with van der Waals surface area (Å²) < 4.78 is 6.00. The SMILES string of the molecule is C=CCN(Cc1ccc(Br)s1)C(=O)COC(=O)CN1C(=O)NC2(CCCC2)C1=O. The minimum Gasteiger partial charge on any atom is -0.454 e. The van der Waals surface area contributed by atoms with Crippen molar-refractivity contribution in [3.63, 3.8) is 0 Å². The van der Waals surface area contributed by atoms with Gasteiger partial charge in [0, 0.05) is 11.4 Å². The number of hydrogen-bond donors (Lipinski definition) is 1. The Morgan fingerprint density at radius 3 is 2.69 bits per heavy atom. The zero-order valence-electron chi connectivity index (χ0n) is 15.8. The molecule has 1 spiro atoms. The van der Waals surface area contributed by atoms with Crippen molar-refractivity contribution in [3.8, 4) is 0 Å². The van der Waals surface area contributed by atoms with Crippen molar-refractivity contribution < 1.29 is 23.9 Å². The zero-order valence-corrected chi connectivity index (χ0v) is 18.2. The van der Waals surface area contributed by atoms with Crippen LogP contribution in [0.2, 0.25) is 0 Å². The van der Waals surface area contributed by atoms with Crippen molar-refractivity contribution in [3.05, 3.63) is 33.5 Å². The molecule has 1 aromatic heterocycles. The standard InChI is InChI=1S/C19H22BrN3O5S/c1-2-9-22(10-13-5-6-14(20)29-13)15(24)12-28-16(25)11-23-17(26)19(21-18(23)27)7-3-4-8-19/h2,5-6H,1,3-4,7-12H2,(H,21,27). The molecule has 0 atom stereocenters. The van der Waals surface area contributed by atoms with E-state index >= 15 is 0 Å². The summed E-state index contributed by atoms with van der Waals surface area (Å²) in [5, 5.41) is 2.70. The quantitative estimate of drug-likeness (QED) is 0.348. The average molecular weight is 484 g/mol. The molecule has 156 valence electrons. The van der Waals surface area contributed by atoms with Crippen molar-refractivity contribution in [2.45, 2.75) is 37.8 Å². The number of hydrogen-bond acceptors (Lipinski definition) is 6. The first-order valence-corrected chi connectivity index (χ1v) is 10.9. The number of thiophene rings is 1. The van der Waals surface area contributed by atoms with Crippen molar-refractivity contribution in [2.24, 2.45) is 0 Å². The molecule has 3 rings (SSSR count). The van der Waals surface area contributed by atoms with Crippen LogP contribution in [0.1, 0.15) is 30.6 Å². The highest BCUT2D eigenvalue weighted by molar-refractivity contribution is 9.11. The minimum absolute atomic E-state index is 0.307. The smallest absolute Gasteiger partial charge is 0.326 e. The number of nitrogens with one attached hydrogen (secondary N) is 1. The van der Waals surface area contributed by atoms with Crippen LogP contribution in [0.25, 0.3) is 0 Å². The second kappa shape index (κ2) is 9.08. The van der Waals surface area contributed by atoms with Gasteiger partial charge in [0.2, 0.25) is 0 Å². The Kier molecular flexibility index (Phi) is 6.74. The predicted molar refractivity (Wildman–Crippen MR) is 110 cm³/mol. The molecular formula is C19H22BrN3O5S.